The van der Waals surface area contributed by atoms with E-state index < -0.39 is 6.04 Å². The van der Waals surface area contributed by atoms with Gasteiger partial charge in [-0.15, -0.1) is 0 Å². The summed E-state index contributed by atoms with van der Waals surface area (Å²) in [6.45, 7) is 2.44. The normalized spacial score (nSPS) is 25.4. The van der Waals surface area contributed by atoms with Crippen LogP contribution in [0.3, 0.4) is 0 Å². The van der Waals surface area contributed by atoms with Crippen LogP contribution < -0.4 is 5.32 Å². The van der Waals surface area contributed by atoms with Crippen molar-refractivity contribution in [1.29, 1.82) is 0 Å². The number of amides is 3. The second-order valence-corrected chi connectivity index (χ2v) is 10.8. The molecule has 5 heterocycles. The first-order valence-electron chi connectivity index (χ1n) is 12.9. The molecule has 1 aromatic carbocycles. The molecule has 2 unspecified atom stereocenters. The van der Waals surface area contributed by atoms with E-state index in [1.54, 1.807) is 4.90 Å². The highest BCUT2D eigenvalue weighted by Gasteiger charge is 2.51. The van der Waals surface area contributed by atoms with Crippen molar-refractivity contribution < 1.29 is 14.4 Å². The molecule has 8 nitrogen and oxygen atoms in total. The van der Waals surface area contributed by atoms with Gasteiger partial charge in [0.05, 0.1) is 5.52 Å². The number of aromatic nitrogens is 2. The van der Waals surface area contributed by atoms with Crippen LogP contribution in [0.5, 0.6) is 0 Å². The highest BCUT2D eigenvalue weighted by molar-refractivity contribution is 6.05. The van der Waals surface area contributed by atoms with Crippen molar-refractivity contribution in [2.45, 2.75) is 69.1 Å². The maximum absolute atomic E-state index is 13.1. The lowest BCUT2D eigenvalue weighted by molar-refractivity contribution is -0.136. The van der Waals surface area contributed by atoms with Crippen LogP contribution in [-0.4, -0.2) is 55.3 Å². The Bertz CT molecular complexity index is 1410. The molecular formula is C28H29N5O3. The molecule has 8 heteroatoms. The number of imide groups is 1. The summed E-state index contributed by atoms with van der Waals surface area (Å²) < 4.78 is 1.95. The highest BCUT2D eigenvalue weighted by atomic mass is 16.2. The second kappa shape index (κ2) is 8.00. The number of hydrogen-bond donors (Lipinski definition) is 1. The van der Waals surface area contributed by atoms with Crippen LogP contribution in [0.4, 0.5) is 0 Å². The van der Waals surface area contributed by atoms with E-state index >= 15 is 0 Å². The van der Waals surface area contributed by atoms with E-state index in [0.717, 1.165) is 31.5 Å². The number of carbonyl (C=O) groups excluding carboxylic acids is 3. The first-order valence-corrected chi connectivity index (χ1v) is 12.9. The molecule has 3 fully saturated rings. The zero-order valence-corrected chi connectivity index (χ0v) is 20.2. The topological polar surface area (TPSA) is 87.0 Å². The van der Waals surface area contributed by atoms with Crippen LogP contribution in [0.15, 0.2) is 48.8 Å². The number of piperidine rings is 2. The van der Waals surface area contributed by atoms with Gasteiger partial charge in [-0.1, -0.05) is 18.2 Å². The summed E-state index contributed by atoms with van der Waals surface area (Å²) in [6, 6.07) is 12.1. The second-order valence-electron chi connectivity index (χ2n) is 10.8. The number of benzene rings is 1. The monoisotopic (exact) mass is 483 g/mol. The zero-order chi connectivity index (χ0) is 24.4. The van der Waals surface area contributed by atoms with Gasteiger partial charge in [-0.3, -0.25) is 24.6 Å². The number of rotatable bonds is 4. The van der Waals surface area contributed by atoms with Gasteiger partial charge in [-0.05, 0) is 79.5 Å². The predicted molar refractivity (Wildman–Crippen MR) is 132 cm³/mol. The molecule has 4 aliphatic rings. The number of pyridine rings is 1. The lowest BCUT2D eigenvalue weighted by Gasteiger charge is -2.40. The van der Waals surface area contributed by atoms with Crippen LogP contribution in [0, 0.1) is 0 Å². The average Bonchev–Trinajstić information content (AvgIpc) is 3.32. The van der Waals surface area contributed by atoms with Gasteiger partial charge in [-0.25, -0.2) is 4.52 Å². The van der Waals surface area contributed by atoms with Gasteiger partial charge in [0.1, 0.15) is 6.04 Å². The fourth-order valence-electron chi connectivity index (χ4n) is 6.64. The van der Waals surface area contributed by atoms with Crippen LogP contribution in [-0.2, 0) is 22.7 Å². The summed E-state index contributed by atoms with van der Waals surface area (Å²) in [5.41, 5.74) is 5.76. The van der Waals surface area contributed by atoms with Crippen molar-refractivity contribution in [3.05, 3.63) is 71.0 Å². The summed E-state index contributed by atoms with van der Waals surface area (Å²) >= 11 is 0. The lowest BCUT2D eigenvalue weighted by atomic mass is 9.82. The molecular weight excluding hydrogens is 454 g/mol. The molecule has 3 aliphatic heterocycles. The van der Waals surface area contributed by atoms with Crippen LogP contribution in [0.25, 0.3) is 5.52 Å². The van der Waals surface area contributed by atoms with Gasteiger partial charge in [0.25, 0.3) is 5.91 Å². The standard InChI is InChI=1S/C28H29N5O3/c34-25-6-5-24(26(35)30-25)32-17-21-14-18(3-4-22(21)27(32)36)19-8-13-31(28(15-19)9-10-28)16-20-2-1-12-33-23(20)7-11-29-33/h1-4,7,11-12,14,19,24H,5-6,8-10,13,15-17H2,(H,30,34,35). The van der Waals surface area contributed by atoms with Crippen LogP contribution in [0.2, 0.25) is 0 Å². The number of nitrogens with one attached hydrogen (secondary N) is 1. The highest BCUT2D eigenvalue weighted by Crippen LogP contribution is 2.53. The molecule has 184 valence electrons. The van der Waals surface area contributed by atoms with E-state index in [1.165, 1.54) is 29.5 Å². The molecule has 1 spiro atoms. The molecule has 1 N–H and O–H groups in total. The molecule has 3 amide bonds. The molecule has 2 saturated heterocycles. The Balaban J connectivity index is 1.08. The quantitative estimate of drug-likeness (QED) is 0.577. The molecule has 2 aromatic heterocycles. The maximum atomic E-state index is 13.1. The molecule has 1 aliphatic carbocycles. The van der Waals surface area contributed by atoms with Gasteiger partial charge in [0, 0.05) is 43.0 Å². The minimum atomic E-state index is -0.565. The average molecular weight is 484 g/mol. The number of fused-ring (bicyclic) bond motifs is 2. The summed E-state index contributed by atoms with van der Waals surface area (Å²) in [5.74, 6) is -0.250. The third kappa shape index (κ3) is 3.46. The minimum Gasteiger partial charge on any atom is -0.322 e. The molecule has 7 rings (SSSR count). The minimum absolute atomic E-state index is 0.103. The summed E-state index contributed by atoms with van der Waals surface area (Å²) in [4.78, 5) is 41.3. The summed E-state index contributed by atoms with van der Waals surface area (Å²) in [7, 11) is 0. The van der Waals surface area contributed by atoms with E-state index in [9.17, 15) is 14.4 Å². The fourth-order valence-corrected chi connectivity index (χ4v) is 6.64. The van der Waals surface area contributed by atoms with E-state index in [-0.39, 0.29) is 29.7 Å². The first kappa shape index (κ1) is 21.7. The van der Waals surface area contributed by atoms with Gasteiger partial charge >= 0.3 is 0 Å². The zero-order valence-electron chi connectivity index (χ0n) is 20.2. The Labute approximate surface area is 209 Å². The van der Waals surface area contributed by atoms with E-state index in [2.05, 4.69) is 45.6 Å². The Morgan fingerprint density at radius 1 is 1.08 bits per heavy atom. The lowest BCUT2D eigenvalue weighted by Crippen LogP contribution is -2.52. The number of likely N-dealkylation sites (tertiary alicyclic amines) is 1. The fraction of sp³-hybridized carbons (Fsp3) is 0.429. The summed E-state index contributed by atoms with van der Waals surface area (Å²) in [5, 5.41) is 6.77. The molecule has 3 aromatic rings. The van der Waals surface area contributed by atoms with Crippen molar-refractivity contribution in [1.82, 2.24) is 24.7 Å². The number of hydrogen-bond acceptors (Lipinski definition) is 5. The van der Waals surface area contributed by atoms with Gasteiger partial charge in [0.15, 0.2) is 0 Å². The number of nitrogens with zero attached hydrogens (tertiary/aromatic N) is 4. The molecule has 1 saturated carbocycles. The largest absolute Gasteiger partial charge is 0.322 e. The SMILES string of the molecule is O=C1CCC(N2Cc3cc(C4CCN(Cc5cccn6nccc56)C5(CC5)C4)ccc3C2=O)C(=O)N1. The third-order valence-corrected chi connectivity index (χ3v) is 8.78. The Morgan fingerprint density at radius 2 is 1.97 bits per heavy atom. The molecule has 2 atom stereocenters. The Kier molecular flexibility index (Phi) is 4.83. The molecule has 0 bridgehead atoms. The Morgan fingerprint density at radius 3 is 2.81 bits per heavy atom. The smallest absolute Gasteiger partial charge is 0.255 e. The van der Waals surface area contributed by atoms with E-state index in [0.29, 0.717) is 24.4 Å². The van der Waals surface area contributed by atoms with E-state index in [1.807, 2.05) is 23.0 Å². The van der Waals surface area contributed by atoms with Crippen molar-refractivity contribution >= 4 is 23.2 Å². The van der Waals surface area contributed by atoms with Gasteiger partial charge < -0.3 is 4.90 Å². The van der Waals surface area contributed by atoms with Crippen molar-refractivity contribution in [3.63, 3.8) is 0 Å². The number of carbonyl (C=O) groups is 3. The van der Waals surface area contributed by atoms with Crippen molar-refractivity contribution in [2.75, 3.05) is 6.54 Å². The van der Waals surface area contributed by atoms with Gasteiger partial charge in [-0.2, -0.15) is 5.10 Å². The third-order valence-electron chi connectivity index (χ3n) is 8.78. The first-order chi connectivity index (χ1) is 17.5. The Hall–Kier alpha value is -3.52. The summed E-state index contributed by atoms with van der Waals surface area (Å²) in [6.07, 6.45) is 9.23. The van der Waals surface area contributed by atoms with Crippen molar-refractivity contribution in [2.24, 2.45) is 0 Å². The van der Waals surface area contributed by atoms with Crippen molar-refractivity contribution in [3.8, 4) is 0 Å². The molecule has 36 heavy (non-hydrogen) atoms. The predicted octanol–water partition coefficient (Wildman–Crippen LogP) is 3.01. The van der Waals surface area contributed by atoms with Gasteiger partial charge in [0.2, 0.25) is 11.8 Å². The van der Waals surface area contributed by atoms with E-state index in [4.69, 9.17) is 0 Å². The molecule has 0 radical (unpaired) electrons. The van der Waals surface area contributed by atoms with Crippen LogP contribution in [0.1, 0.15) is 71.5 Å². The van der Waals surface area contributed by atoms with Crippen LogP contribution >= 0.6 is 0 Å². The maximum Gasteiger partial charge on any atom is 0.255 e.